The van der Waals surface area contributed by atoms with E-state index in [-0.39, 0.29) is 29.3 Å². The van der Waals surface area contributed by atoms with Gasteiger partial charge in [-0.25, -0.2) is 0 Å². The molecule has 0 saturated carbocycles. The minimum Gasteiger partial charge on any atom is -0.425 e. The molecule has 0 radical (unpaired) electrons. The van der Waals surface area contributed by atoms with Crippen LogP contribution in [0, 0.1) is 0 Å². The van der Waals surface area contributed by atoms with Crippen molar-refractivity contribution >= 4 is 47.0 Å². The summed E-state index contributed by atoms with van der Waals surface area (Å²) in [6.07, 6.45) is 0.193. The van der Waals surface area contributed by atoms with E-state index >= 15 is 0 Å². The van der Waals surface area contributed by atoms with Gasteiger partial charge in [-0.2, -0.15) is 0 Å². The maximum atomic E-state index is 12.8. The van der Waals surface area contributed by atoms with Crippen LogP contribution < -0.4 is 9.47 Å². The predicted molar refractivity (Wildman–Crippen MR) is 108 cm³/mol. The molecule has 1 aliphatic heterocycles. The summed E-state index contributed by atoms with van der Waals surface area (Å²) in [4.78, 5) is 50.0. The highest BCUT2D eigenvalue weighted by atomic mass is 32.2. The van der Waals surface area contributed by atoms with Gasteiger partial charge in [0.1, 0.15) is 11.5 Å². The molecule has 0 spiro atoms. The minimum atomic E-state index is -0.502. The Balaban J connectivity index is 1.80. The average molecular weight is 426 g/mol. The Hall–Kier alpha value is -2.84. The van der Waals surface area contributed by atoms with Crippen LogP contribution in [0.5, 0.6) is 11.5 Å². The standard InChI is InChI=1S/C21H14O6S2/c1-3-15(23)27-14-9-8-13(26-10(2)22)19-20(14)29-21(28-19)16-17(24)11-6-4-5-7-12(11)18(16)25/h4-9H,3H2,1-2H3. The van der Waals surface area contributed by atoms with Gasteiger partial charge in [-0.3, -0.25) is 19.2 Å². The molecule has 8 heteroatoms. The second kappa shape index (κ2) is 7.53. The first-order valence-corrected chi connectivity index (χ1v) is 10.4. The third kappa shape index (κ3) is 3.38. The maximum Gasteiger partial charge on any atom is 0.310 e. The second-order valence-electron chi connectivity index (χ2n) is 6.21. The Bertz CT molecular complexity index is 1090. The molecule has 6 nitrogen and oxygen atoms in total. The van der Waals surface area contributed by atoms with Gasteiger partial charge in [-0.05, 0) is 12.1 Å². The van der Waals surface area contributed by atoms with Crippen molar-refractivity contribution < 1.29 is 28.7 Å². The topological polar surface area (TPSA) is 86.7 Å². The first-order valence-electron chi connectivity index (χ1n) is 8.75. The molecule has 1 aliphatic carbocycles. The van der Waals surface area contributed by atoms with E-state index in [4.69, 9.17) is 9.47 Å². The highest BCUT2D eigenvalue weighted by Gasteiger charge is 2.39. The van der Waals surface area contributed by atoms with Gasteiger partial charge in [0.2, 0.25) is 0 Å². The first-order chi connectivity index (χ1) is 13.9. The fourth-order valence-electron chi connectivity index (χ4n) is 2.98. The number of fused-ring (bicyclic) bond motifs is 2. The van der Waals surface area contributed by atoms with Crippen LogP contribution in [0.1, 0.15) is 41.0 Å². The molecule has 2 aromatic carbocycles. The lowest BCUT2D eigenvalue weighted by Crippen LogP contribution is -2.07. The summed E-state index contributed by atoms with van der Waals surface area (Å²) < 4.78 is 11.1. The predicted octanol–water partition coefficient (Wildman–Crippen LogP) is 4.42. The zero-order chi connectivity index (χ0) is 20.7. The Morgan fingerprint density at radius 3 is 1.86 bits per heavy atom. The van der Waals surface area contributed by atoms with Gasteiger partial charge >= 0.3 is 11.9 Å². The fraction of sp³-hybridized carbons (Fsp3) is 0.143. The summed E-state index contributed by atoms with van der Waals surface area (Å²) in [6.45, 7) is 2.96. The molecule has 146 valence electrons. The van der Waals surface area contributed by atoms with Crippen molar-refractivity contribution in [2.45, 2.75) is 30.1 Å². The molecule has 0 atom stereocenters. The molecule has 0 unspecified atom stereocenters. The van der Waals surface area contributed by atoms with Gasteiger partial charge in [0.05, 0.1) is 19.6 Å². The molecule has 0 saturated heterocycles. The summed E-state index contributed by atoms with van der Waals surface area (Å²) in [5, 5.41) is 0. The highest BCUT2D eigenvalue weighted by molar-refractivity contribution is 8.25. The van der Waals surface area contributed by atoms with Gasteiger partial charge < -0.3 is 9.47 Å². The SMILES string of the molecule is CCC(=O)Oc1ccc(OC(C)=O)c2c1SC(=C1C(=O)c3ccccc3C1=O)S2. The van der Waals surface area contributed by atoms with E-state index in [0.29, 0.717) is 30.9 Å². The van der Waals surface area contributed by atoms with Crippen molar-refractivity contribution in [2.24, 2.45) is 0 Å². The van der Waals surface area contributed by atoms with Crippen molar-refractivity contribution in [3.05, 3.63) is 57.3 Å². The molecule has 2 aliphatic rings. The number of allylic oxidation sites excluding steroid dienone is 1. The molecular weight excluding hydrogens is 412 g/mol. The van der Waals surface area contributed by atoms with E-state index < -0.39 is 11.9 Å². The molecule has 1 heterocycles. The van der Waals surface area contributed by atoms with Crippen molar-refractivity contribution in [2.75, 3.05) is 0 Å². The van der Waals surface area contributed by atoms with Crippen LogP contribution in [0.4, 0.5) is 0 Å². The quantitative estimate of drug-likeness (QED) is 0.309. The molecule has 0 bridgehead atoms. The monoisotopic (exact) mass is 426 g/mol. The van der Waals surface area contributed by atoms with Gasteiger partial charge in [-0.15, -0.1) is 0 Å². The smallest absolute Gasteiger partial charge is 0.310 e. The zero-order valence-electron chi connectivity index (χ0n) is 15.4. The van der Waals surface area contributed by atoms with E-state index in [0.717, 1.165) is 23.5 Å². The number of carbonyl (C=O) groups excluding carboxylic acids is 4. The summed E-state index contributed by atoms with van der Waals surface area (Å²) >= 11 is 2.33. The number of rotatable bonds is 3. The van der Waals surface area contributed by atoms with Crippen LogP contribution in [0.2, 0.25) is 0 Å². The number of hydrogen-bond donors (Lipinski definition) is 0. The van der Waals surface area contributed by atoms with Crippen LogP contribution in [0.25, 0.3) is 0 Å². The van der Waals surface area contributed by atoms with Crippen molar-refractivity contribution in [1.29, 1.82) is 0 Å². The molecule has 29 heavy (non-hydrogen) atoms. The maximum absolute atomic E-state index is 12.8. The largest absolute Gasteiger partial charge is 0.425 e. The number of hydrogen-bond acceptors (Lipinski definition) is 8. The zero-order valence-corrected chi connectivity index (χ0v) is 17.1. The molecule has 0 aromatic heterocycles. The summed E-state index contributed by atoms with van der Waals surface area (Å²) in [5.74, 6) is -1.01. The van der Waals surface area contributed by atoms with Gasteiger partial charge in [-0.1, -0.05) is 54.7 Å². The highest BCUT2D eigenvalue weighted by Crippen LogP contribution is 2.59. The summed E-state index contributed by atoms with van der Waals surface area (Å²) in [7, 11) is 0. The third-order valence-electron chi connectivity index (χ3n) is 4.27. The average Bonchev–Trinajstić information content (AvgIpc) is 3.24. The molecule has 0 fully saturated rings. The first kappa shape index (κ1) is 19.5. The summed E-state index contributed by atoms with van der Waals surface area (Å²) in [6, 6.07) is 9.75. The fourth-order valence-corrected chi connectivity index (χ4v) is 5.65. The second-order valence-corrected chi connectivity index (χ2v) is 8.51. The van der Waals surface area contributed by atoms with Gasteiger partial charge in [0.15, 0.2) is 11.6 Å². The Morgan fingerprint density at radius 1 is 0.862 bits per heavy atom. The molecule has 0 N–H and O–H groups in total. The number of Topliss-reactive ketones (excluding diaryl/α,β-unsaturated/α-hetero) is 2. The van der Waals surface area contributed by atoms with Crippen LogP contribution in [0.15, 0.2) is 56.0 Å². The summed E-state index contributed by atoms with van der Waals surface area (Å²) in [5.41, 5.74) is 0.823. The Kier molecular flexibility index (Phi) is 5.06. The molecule has 2 aromatic rings. The van der Waals surface area contributed by atoms with E-state index in [2.05, 4.69) is 0 Å². The molecular formula is C21H14O6S2. The number of esters is 2. The number of benzene rings is 2. The van der Waals surface area contributed by atoms with E-state index in [9.17, 15) is 19.2 Å². The lowest BCUT2D eigenvalue weighted by Gasteiger charge is -2.10. The molecule has 0 amide bonds. The lowest BCUT2D eigenvalue weighted by atomic mass is 10.1. The van der Waals surface area contributed by atoms with Crippen LogP contribution >= 0.6 is 23.5 Å². The number of ether oxygens (including phenoxy) is 2. The van der Waals surface area contributed by atoms with E-state index in [1.807, 2.05) is 0 Å². The normalized spacial score (nSPS) is 14.7. The minimum absolute atomic E-state index is 0.0824. The lowest BCUT2D eigenvalue weighted by molar-refractivity contribution is -0.134. The number of ketones is 2. The van der Waals surface area contributed by atoms with Crippen LogP contribution in [0.3, 0.4) is 0 Å². The van der Waals surface area contributed by atoms with Gasteiger partial charge in [0, 0.05) is 24.5 Å². The van der Waals surface area contributed by atoms with E-state index in [1.54, 1.807) is 37.3 Å². The van der Waals surface area contributed by atoms with Crippen molar-refractivity contribution in [3.8, 4) is 11.5 Å². The third-order valence-corrected chi connectivity index (χ3v) is 6.90. The van der Waals surface area contributed by atoms with E-state index in [1.165, 1.54) is 13.0 Å². The van der Waals surface area contributed by atoms with Crippen molar-refractivity contribution in [3.63, 3.8) is 0 Å². The molecule has 4 rings (SSSR count). The van der Waals surface area contributed by atoms with Crippen LogP contribution in [-0.2, 0) is 9.59 Å². The number of carbonyl (C=O) groups is 4. The van der Waals surface area contributed by atoms with Gasteiger partial charge in [0.25, 0.3) is 0 Å². The van der Waals surface area contributed by atoms with Crippen molar-refractivity contribution in [1.82, 2.24) is 0 Å². The number of thioether (sulfide) groups is 2. The Labute approximate surface area is 174 Å². The Morgan fingerprint density at radius 2 is 1.38 bits per heavy atom. The van der Waals surface area contributed by atoms with Crippen LogP contribution in [-0.4, -0.2) is 23.5 Å².